The fraction of sp³-hybridized carbons (Fsp3) is 0.143. The van der Waals surface area contributed by atoms with Crippen LogP contribution >= 0.6 is 0 Å². The Morgan fingerprint density at radius 2 is 1.95 bits per heavy atom. The third-order valence-electron chi connectivity index (χ3n) is 2.97. The fourth-order valence-corrected chi connectivity index (χ4v) is 2.01. The molecule has 5 heteroatoms. The van der Waals surface area contributed by atoms with E-state index in [4.69, 9.17) is 5.11 Å². The van der Waals surface area contributed by atoms with Gasteiger partial charge in [-0.15, -0.1) is 0 Å². The van der Waals surface area contributed by atoms with Gasteiger partial charge in [0, 0.05) is 11.6 Å². The summed E-state index contributed by atoms with van der Waals surface area (Å²) in [6.07, 6.45) is 4.94. The van der Waals surface area contributed by atoms with Crippen molar-refractivity contribution < 1.29 is 24.9 Å². The summed E-state index contributed by atoms with van der Waals surface area (Å²) in [7, 11) is 0. The van der Waals surface area contributed by atoms with Crippen LogP contribution in [-0.4, -0.2) is 27.1 Å². The number of phenolic OH excluding ortho intramolecular Hbond substituents is 2. The van der Waals surface area contributed by atoms with Gasteiger partial charge in [-0.1, -0.05) is 18.2 Å². The van der Waals surface area contributed by atoms with Crippen LogP contribution in [0.5, 0.6) is 11.5 Å². The zero-order valence-corrected chi connectivity index (χ0v) is 9.91. The molecule has 1 aromatic carbocycles. The summed E-state index contributed by atoms with van der Waals surface area (Å²) in [4.78, 5) is 23.3. The van der Waals surface area contributed by atoms with Crippen molar-refractivity contribution in [3.8, 4) is 11.5 Å². The number of allylic oxidation sites excluding steroid dienone is 3. The molecule has 0 bridgehead atoms. The smallest absolute Gasteiger partial charge is 0.332 e. The van der Waals surface area contributed by atoms with Crippen LogP contribution in [0.3, 0.4) is 0 Å². The second-order valence-corrected chi connectivity index (χ2v) is 4.21. The highest BCUT2D eigenvalue weighted by atomic mass is 16.4. The Balaban J connectivity index is 2.36. The Hall–Kier alpha value is -2.56. The lowest BCUT2D eigenvalue weighted by molar-refractivity contribution is -0.133. The molecular formula is C14H12O5. The van der Waals surface area contributed by atoms with Gasteiger partial charge in [-0.05, 0) is 18.6 Å². The molecule has 3 N–H and O–H groups in total. The minimum absolute atomic E-state index is 0.0000231. The number of rotatable bonds is 3. The van der Waals surface area contributed by atoms with Crippen molar-refractivity contribution in [2.75, 3.05) is 0 Å². The van der Waals surface area contributed by atoms with Gasteiger partial charge in [-0.25, -0.2) is 4.79 Å². The first-order chi connectivity index (χ1) is 9.00. The minimum atomic E-state index is -1.15. The van der Waals surface area contributed by atoms with Gasteiger partial charge < -0.3 is 15.3 Å². The molecule has 2 rings (SSSR count). The van der Waals surface area contributed by atoms with Crippen molar-refractivity contribution in [1.82, 2.24) is 0 Å². The highest BCUT2D eigenvalue weighted by Crippen LogP contribution is 2.30. The first kappa shape index (κ1) is 12.9. The van der Waals surface area contributed by atoms with E-state index in [0.29, 0.717) is 0 Å². The summed E-state index contributed by atoms with van der Waals surface area (Å²) < 4.78 is 0. The maximum absolute atomic E-state index is 12.3. The third-order valence-corrected chi connectivity index (χ3v) is 2.97. The summed E-state index contributed by atoms with van der Waals surface area (Å²) in [6.45, 7) is 0. The quantitative estimate of drug-likeness (QED) is 0.721. The van der Waals surface area contributed by atoms with Crippen LogP contribution in [0.1, 0.15) is 16.8 Å². The number of aromatic hydroxyl groups is 2. The monoisotopic (exact) mass is 260 g/mol. The zero-order chi connectivity index (χ0) is 14.0. The van der Waals surface area contributed by atoms with E-state index in [0.717, 1.165) is 6.07 Å². The van der Waals surface area contributed by atoms with Gasteiger partial charge in [0.25, 0.3) is 0 Å². The van der Waals surface area contributed by atoms with E-state index in [1.807, 2.05) is 0 Å². The van der Waals surface area contributed by atoms with Crippen molar-refractivity contribution >= 4 is 11.8 Å². The topological polar surface area (TPSA) is 94.8 Å². The molecule has 1 aromatic rings. The molecule has 0 spiro atoms. The van der Waals surface area contributed by atoms with Gasteiger partial charge in [0.15, 0.2) is 5.78 Å². The lowest BCUT2D eigenvalue weighted by atomic mass is 9.85. The van der Waals surface area contributed by atoms with Gasteiger partial charge in [-0.2, -0.15) is 0 Å². The molecule has 0 saturated heterocycles. The van der Waals surface area contributed by atoms with Gasteiger partial charge in [0.1, 0.15) is 11.5 Å². The molecule has 1 aliphatic rings. The average Bonchev–Trinajstić information content (AvgIpc) is 2.38. The summed E-state index contributed by atoms with van der Waals surface area (Å²) in [6, 6.07) is 3.61. The molecule has 0 aliphatic heterocycles. The van der Waals surface area contributed by atoms with Crippen molar-refractivity contribution in [3.63, 3.8) is 0 Å². The van der Waals surface area contributed by atoms with Gasteiger partial charge >= 0.3 is 5.97 Å². The second kappa shape index (κ2) is 4.97. The van der Waals surface area contributed by atoms with Crippen LogP contribution in [0.25, 0.3) is 0 Å². The van der Waals surface area contributed by atoms with Crippen molar-refractivity contribution in [2.24, 2.45) is 5.92 Å². The maximum atomic E-state index is 12.3. The van der Waals surface area contributed by atoms with Gasteiger partial charge in [0.05, 0.1) is 11.5 Å². The normalized spacial score (nSPS) is 17.9. The first-order valence-electron chi connectivity index (χ1n) is 5.67. The molecule has 0 radical (unpaired) electrons. The summed E-state index contributed by atoms with van der Waals surface area (Å²) in [5, 5.41) is 27.9. The van der Waals surface area contributed by atoms with E-state index >= 15 is 0 Å². The van der Waals surface area contributed by atoms with E-state index in [1.165, 1.54) is 18.2 Å². The Morgan fingerprint density at radius 1 is 1.21 bits per heavy atom. The molecule has 1 unspecified atom stereocenters. The maximum Gasteiger partial charge on any atom is 0.332 e. The van der Waals surface area contributed by atoms with Crippen LogP contribution in [0.2, 0.25) is 0 Å². The number of phenols is 2. The van der Waals surface area contributed by atoms with Crippen molar-refractivity contribution in [1.29, 1.82) is 0 Å². The average molecular weight is 260 g/mol. The lowest BCUT2D eigenvalue weighted by Gasteiger charge is -2.17. The van der Waals surface area contributed by atoms with E-state index in [2.05, 4.69) is 0 Å². The number of carboxylic acids is 1. The van der Waals surface area contributed by atoms with E-state index in [1.54, 1.807) is 12.2 Å². The summed E-state index contributed by atoms with van der Waals surface area (Å²) in [5.41, 5.74) is 0.00484. The minimum Gasteiger partial charge on any atom is -0.508 e. The molecule has 0 heterocycles. The second-order valence-electron chi connectivity index (χ2n) is 4.21. The first-order valence-corrected chi connectivity index (χ1v) is 5.67. The molecule has 0 aromatic heterocycles. The third kappa shape index (κ3) is 2.49. The van der Waals surface area contributed by atoms with Gasteiger partial charge in [0.2, 0.25) is 0 Å². The van der Waals surface area contributed by atoms with E-state index < -0.39 is 17.7 Å². The summed E-state index contributed by atoms with van der Waals surface area (Å²) >= 11 is 0. The molecule has 1 atom stereocenters. The number of Topliss-reactive ketones (excluding diaryl/α,β-unsaturated/α-hetero) is 1. The standard InChI is InChI=1S/C14H12O5/c15-8-5-6-11(12(16)7-8)13(17)9-3-1-2-4-10(9)14(18)19/h1-2,4-7,9,15-16H,3H2,(H,18,19). The highest BCUT2D eigenvalue weighted by Gasteiger charge is 2.29. The molecule has 5 nitrogen and oxygen atoms in total. The zero-order valence-electron chi connectivity index (χ0n) is 9.91. The van der Waals surface area contributed by atoms with Crippen molar-refractivity contribution in [3.05, 3.63) is 47.6 Å². The fourth-order valence-electron chi connectivity index (χ4n) is 2.01. The van der Waals surface area contributed by atoms with Crippen LogP contribution in [0, 0.1) is 5.92 Å². The van der Waals surface area contributed by atoms with Crippen LogP contribution in [-0.2, 0) is 4.79 Å². The molecule has 0 amide bonds. The number of aliphatic carboxylic acids is 1. The number of hydrogen-bond acceptors (Lipinski definition) is 4. The lowest BCUT2D eigenvalue weighted by Crippen LogP contribution is -2.23. The molecule has 1 aliphatic carbocycles. The SMILES string of the molecule is O=C(O)C1=CC=CCC1C(=O)c1ccc(O)cc1O. The number of carbonyl (C=O) groups is 2. The Labute approximate surface area is 109 Å². The van der Waals surface area contributed by atoms with Crippen LogP contribution < -0.4 is 0 Å². The number of carbonyl (C=O) groups excluding carboxylic acids is 1. The number of benzene rings is 1. The Bertz CT molecular complexity index is 598. The predicted molar refractivity (Wildman–Crippen MR) is 67.1 cm³/mol. The predicted octanol–water partition coefficient (Wildman–Crippen LogP) is 1.87. The van der Waals surface area contributed by atoms with E-state index in [-0.39, 0.29) is 29.1 Å². The van der Waals surface area contributed by atoms with E-state index in [9.17, 15) is 19.8 Å². The molecule has 98 valence electrons. The molecule has 0 fully saturated rings. The van der Waals surface area contributed by atoms with Crippen LogP contribution in [0.4, 0.5) is 0 Å². The Morgan fingerprint density at radius 3 is 2.58 bits per heavy atom. The van der Waals surface area contributed by atoms with Crippen LogP contribution in [0.15, 0.2) is 42.0 Å². The molecule has 19 heavy (non-hydrogen) atoms. The molecule has 0 saturated carbocycles. The highest BCUT2D eigenvalue weighted by molar-refractivity contribution is 6.07. The summed E-state index contributed by atoms with van der Waals surface area (Å²) in [5.74, 6) is -2.97. The van der Waals surface area contributed by atoms with Crippen molar-refractivity contribution in [2.45, 2.75) is 6.42 Å². The Kier molecular flexibility index (Phi) is 3.37. The van der Waals surface area contributed by atoms with Gasteiger partial charge in [-0.3, -0.25) is 4.79 Å². The number of ketones is 1. The number of hydrogen-bond donors (Lipinski definition) is 3. The molecular weight excluding hydrogens is 248 g/mol. The largest absolute Gasteiger partial charge is 0.508 e. The number of carboxylic acid groups (broad SMARTS) is 1.